The molecule has 0 atom stereocenters. The number of amides is 1. The number of furan rings is 1. The van der Waals surface area contributed by atoms with E-state index in [1.54, 1.807) is 17.2 Å². The van der Waals surface area contributed by atoms with Gasteiger partial charge in [-0.15, -0.1) is 0 Å². The highest BCUT2D eigenvalue weighted by Crippen LogP contribution is 2.17. The highest BCUT2D eigenvalue weighted by molar-refractivity contribution is 5.93. The average molecular weight is 272 g/mol. The van der Waals surface area contributed by atoms with Crippen LogP contribution in [0.5, 0.6) is 0 Å². The van der Waals surface area contributed by atoms with E-state index in [0.717, 1.165) is 16.8 Å². The zero-order valence-electron chi connectivity index (χ0n) is 12.1. The molecule has 1 heterocycles. The summed E-state index contributed by atoms with van der Waals surface area (Å²) in [6, 6.07) is 9.45. The first-order chi connectivity index (χ1) is 9.49. The molecule has 0 unspecified atom stereocenters. The van der Waals surface area contributed by atoms with Crippen molar-refractivity contribution in [2.24, 2.45) is 0 Å². The Hall–Kier alpha value is -2.23. The Morgan fingerprint density at radius 2 is 1.90 bits per heavy atom. The molecule has 4 nitrogen and oxygen atoms in total. The van der Waals surface area contributed by atoms with Gasteiger partial charge in [0.1, 0.15) is 0 Å². The van der Waals surface area contributed by atoms with E-state index in [4.69, 9.17) is 10.2 Å². The molecule has 0 saturated carbocycles. The van der Waals surface area contributed by atoms with Crippen molar-refractivity contribution >= 4 is 11.6 Å². The Labute approximate surface area is 119 Å². The maximum absolute atomic E-state index is 12.5. The van der Waals surface area contributed by atoms with Crippen LogP contribution in [0, 0.1) is 6.92 Å². The lowest BCUT2D eigenvalue weighted by Gasteiger charge is -2.26. The van der Waals surface area contributed by atoms with Gasteiger partial charge in [0.25, 0.3) is 5.91 Å². The minimum Gasteiger partial charge on any atom is -0.459 e. The van der Waals surface area contributed by atoms with Gasteiger partial charge in [-0.3, -0.25) is 4.79 Å². The largest absolute Gasteiger partial charge is 0.459 e. The molecule has 20 heavy (non-hydrogen) atoms. The van der Waals surface area contributed by atoms with Crippen LogP contribution >= 0.6 is 0 Å². The van der Waals surface area contributed by atoms with Gasteiger partial charge >= 0.3 is 0 Å². The summed E-state index contributed by atoms with van der Waals surface area (Å²) in [5.41, 5.74) is 8.30. The van der Waals surface area contributed by atoms with Gasteiger partial charge in [0.15, 0.2) is 5.76 Å². The van der Waals surface area contributed by atoms with Crippen molar-refractivity contribution in [1.29, 1.82) is 0 Å². The Balaban J connectivity index is 2.21. The fraction of sp³-hybridized carbons (Fsp3) is 0.312. The molecule has 0 aliphatic rings. The smallest absolute Gasteiger partial charge is 0.290 e. The van der Waals surface area contributed by atoms with Crippen molar-refractivity contribution in [3.63, 3.8) is 0 Å². The van der Waals surface area contributed by atoms with E-state index in [2.05, 4.69) is 0 Å². The molecule has 2 aromatic rings. The highest BCUT2D eigenvalue weighted by atomic mass is 16.3. The number of anilines is 1. The van der Waals surface area contributed by atoms with Gasteiger partial charge < -0.3 is 15.1 Å². The monoisotopic (exact) mass is 272 g/mol. The number of nitrogen functional groups attached to an aromatic ring is 1. The van der Waals surface area contributed by atoms with Crippen LogP contribution in [-0.4, -0.2) is 16.8 Å². The number of rotatable bonds is 4. The quantitative estimate of drug-likeness (QED) is 0.869. The molecule has 0 saturated heterocycles. The summed E-state index contributed by atoms with van der Waals surface area (Å²) in [7, 11) is 0. The molecule has 1 aromatic carbocycles. The van der Waals surface area contributed by atoms with Crippen LogP contribution in [0.4, 0.5) is 5.69 Å². The molecule has 0 aliphatic carbocycles. The lowest BCUT2D eigenvalue weighted by Crippen LogP contribution is -2.36. The van der Waals surface area contributed by atoms with Gasteiger partial charge in [-0.2, -0.15) is 0 Å². The summed E-state index contributed by atoms with van der Waals surface area (Å²) < 4.78 is 5.30. The van der Waals surface area contributed by atoms with Crippen molar-refractivity contribution in [2.75, 3.05) is 5.73 Å². The average Bonchev–Trinajstić information content (AvgIpc) is 2.83. The first-order valence-corrected chi connectivity index (χ1v) is 6.68. The molecule has 1 aromatic heterocycles. The van der Waals surface area contributed by atoms with E-state index in [9.17, 15) is 4.79 Å². The standard InChI is InChI=1S/C16H20N2O2/c1-11(2)18(10-13-4-6-14(17)7-5-13)16(19)15-12(3)8-9-20-15/h4-9,11H,10,17H2,1-3H3. The van der Waals surface area contributed by atoms with E-state index >= 15 is 0 Å². The normalized spacial score (nSPS) is 10.8. The molecule has 2 rings (SSSR count). The van der Waals surface area contributed by atoms with Gasteiger partial charge in [0.05, 0.1) is 6.26 Å². The van der Waals surface area contributed by atoms with Gasteiger partial charge in [0, 0.05) is 23.8 Å². The van der Waals surface area contributed by atoms with Crippen LogP contribution in [0.2, 0.25) is 0 Å². The van der Waals surface area contributed by atoms with Crippen molar-refractivity contribution < 1.29 is 9.21 Å². The third-order valence-electron chi connectivity index (χ3n) is 3.27. The Morgan fingerprint density at radius 3 is 2.40 bits per heavy atom. The number of carbonyl (C=O) groups excluding carboxylic acids is 1. The predicted molar refractivity (Wildman–Crippen MR) is 79.3 cm³/mol. The zero-order chi connectivity index (χ0) is 14.7. The molecule has 0 fully saturated rings. The molecule has 0 spiro atoms. The first kappa shape index (κ1) is 14.2. The Bertz CT molecular complexity index is 585. The number of carbonyl (C=O) groups is 1. The number of benzene rings is 1. The molecule has 2 N–H and O–H groups in total. The van der Waals surface area contributed by atoms with Crippen LogP contribution in [0.15, 0.2) is 41.0 Å². The van der Waals surface area contributed by atoms with E-state index in [1.807, 2.05) is 45.0 Å². The fourth-order valence-corrected chi connectivity index (χ4v) is 2.03. The first-order valence-electron chi connectivity index (χ1n) is 6.68. The maximum Gasteiger partial charge on any atom is 0.290 e. The molecule has 0 aliphatic heterocycles. The molecule has 1 amide bonds. The van der Waals surface area contributed by atoms with Gasteiger partial charge in [-0.1, -0.05) is 12.1 Å². The van der Waals surface area contributed by atoms with E-state index in [1.165, 1.54) is 0 Å². The molecule has 4 heteroatoms. The second-order valence-electron chi connectivity index (χ2n) is 5.20. The molecular weight excluding hydrogens is 252 g/mol. The van der Waals surface area contributed by atoms with Gasteiger partial charge in [-0.05, 0) is 44.5 Å². The molecular formula is C16H20N2O2. The van der Waals surface area contributed by atoms with E-state index < -0.39 is 0 Å². The Morgan fingerprint density at radius 1 is 1.25 bits per heavy atom. The van der Waals surface area contributed by atoms with Crippen molar-refractivity contribution in [1.82, 2.24) is 4.90 Å². The molecule has 0 bridgehead atoms. The van der Waals surface area contributed by atoms with E-state index in [0.29, 0.717) is 12.3 Å². The third kappa shape index (κ3) is 3.02. The lowest BCUT2D eigenvalue weighted by atomic mass is 10.1. The van der Waals surface area contributed by atoms with Crippen LogP contribution in [0.1, 0.15) is 35.5 Å². The summed E-state index contributed by atoms with van der Waals surface area (Å²) in [5, 5.41) is 0. The van der Waals surface area contributed by atoms with Gasteiger partial charge in [0.2, 0.25) is 0 Å². The number of hydrogen-bond donors (Lipinski definition) is 1. The van der Waals surface area contributed by atoms with Crippen molar-refractivity contribution in [2.45, 2.75) is 33.4 Å². The summed E-state index contributed by atoms with van der Waals surface area (Å²) in [4.78, 5) is 14.3. The third-order valence-corrected chi connectivity index (χ3v) is 3.27. The zero-order valence-corrected chi connectivity index (χ0v) is 12.1. The second-order valence-corrected chi connectivity index (χ2v) is 5.20. The van der Waals surface area contributed by atoms with Crippen LogP contribution in [0.3, 0.4) is 0 Å². The van der Waals surface area contributed by atoms with Crippen molar-refractivity contribution in [3.05, 3.63) is 53.5 Å². The minimum atomic E-state index is -0.0840. The van der Waals surface area contributed by atoms with Crippen molar-refractivity contribution in [3.8, 4) is 0 Å². The molecule has 106 valence electrons. The van der Waals surface area contributed by atoms with E-state index in [-0.39, 0.29) is 11.9 Å². The lowest BCUT2D eigenvalue weighted by molar-refractivity contribution is 0.0656. The second kappa shape index (κ2) is 5.82. The predicted octanol–water partition coefficient (Wildman–Crippen LogP) is 3.22. The SMILES string of the molecule is Cc1ccoc1C(=O)N(Cc1ccc(N)cc1)C(C)C. The summed E-state index contributed by atoms with van der Waals surface area (Å²) in [5.74, 6) is 0.327. The summed E-state index contributed by atoms with van der Waals surface area (Å²) in [6.07, 6.45) is 1.55. The van der Waals surface area contributed by atoms with Gasteiger partial charge in [-0.25, -0.2) is 0 Å². The topological polar surface area (TPSA) is 59.5 Å². The number of hydrogen-bond acceptors (Lipinski definition) is 3. The summed E-state index contributed by atoms with van der Waals surface area (Å²) >= 11 is 0. The summed E-state index contributed by atoms with van der Waals surface area (Å²) in [6.45, 7) is 6.40. The number of aryl methyl sites for hydroxylation is 1. The number of nitrogens with two attached hydrogens (primary N) is 1. The minimum absolute atomic E-state index is 0.0840. The highest BCUT2D eigenvalue weighted by Gasteiger charge is 2.23. The Kier molecular flexibility index (Phi) is 4.13. The maximum atomic E-state index is 12.5. The fourth-order valence-electron chi connectivity index (χ4n) is 2.03. The van der Waals surface area contributed by atoms with Crippen LogP contribution in [-0.2, 0) is 6.54 Å². The molecule has 0 radical (unpaired) electrons. The van der Waals surface area contributed by atoms with Crippen LogP contribution in [0.25, 0.3) is 0 Å². The number of nitrogens with zero attached hydrogens (tertiary/aromatic N) is 1. The van der Waals surface area contributed by atoms with Crippen LogP contribution < -0.4 is 5.73 Å².